The number of hydrogen-bond acceptors (Lipinski definition) is 5. The molecule has 4 rings (SSSR count). The summed E-state index contributed by atoms with van der Waals surface area (Å²) in [6.45, 7) is 1.42. The number of carbonyl (C=O) groups excluding carboxylic acids is 2. The van der Waals surface area contributed by atoms with Gasteiger partial charge in [0.05, 0.1) is 5.69 Å². The molecule has 0 atom stereocenters. The Labute approximate surface area is 184 Å². The molecule has 2 fully saturated rings. The predicted molar refractivity (Wildman–Crippen MR) is 115 cm³/mol. The van der Waals surface area contributed by atoms with E-state index in [9.17, 15) is 14.7 Å². The summed E-state index contributed by atoms with van der Waals surface area (Å²) < 4.78 is 5.36. The lowest BCUT2D eigenvalue weighted by Crippen LogP contribution is -2.63. The van der Waals surface area contributed by atoms with Crippen LogP contribution < -0.4 is 5.73 Å². The highest BCUT2D eigenvalue weighted by atomic mass is 35.5. The van der Waals surface area contributed by atoms with Crippen molar-refractivity contribution in [1.82, 2.24) is 4.90 Å². The molecular weight excluding hydrogens is 427 g/mol. The fourth-order valence-corrected chi connectivity index (χ4v) is 5.06. The second-order valence-corrected chi connectivity index (χ2v) is 9.24. The summed E-state index contributed by atoms with van der Waals surface area (Å²) in [5.74, 6) is 0.226. The lowest BCUT2D eigenvalue weighted by Gasteiger charge is -2.58. The molecule has 1 heterocycles. The van der Waals surface area contributed by atoms with Crippen molar-refractivity contribution in [2.24, 2.45) is 11.3 Å². The maximum absolute atomic E-state index is 12.4. The Morgan fingerprint density at radius 3 is 2.43 bits per heavy atom. The zero-order valence-electron chi connectivity index (χ0n) is 16.2. The second kappa shape index (κ2) is 8.00. The van der Waals surface area contributed by atoms with Crippen LogP contribution in [0.25, 0.3) is 0 Å². The maximum atomic E-state index is 12.4. The molecule has 0 bridgehead atoms. The summed E-state index contributed by atoms with van der Waals surface area (Å²) in [5.41, 5.74) is 7.16. The first kappa shape index (κ1) is 20.8. The van der Waals surface area contributed by atoms with E-state index in [4.69, 9.17) is 33.7 Å². The van der Waals surface area contributed by atoms with Gasteiger partial charge in [-0.15, -0.1) is 0 Å². The summed E-state index contributed by atoms with van der Waals surface area (Å²) in [5, 5.41) is 10.7. The standard InChI is InChI=1S/C22H22Cl2N2O4/c23-16-3-13(4-17(24)7-16)10-30-21(29)26-11-22(12-26)8-14(9-22)5-19(27)15-1-2-18(25)20(28)6-15/h1-4,6-7,14,28H,5,8-12,25H2. The van der Waals surface area contributed by atoms with Gasteiger partial charge < -0.3 is 20.5 Å². The number of nitrogens with zero attached hydrogens (tertiary/aromatic N) is 1. The lowest BCUT2D eigenvalue weighted by atomic mass is 9.56. The Hall–Kier alpha value is -2.44. The van der Waals surface area contributed by atoms with Crippen molar-refractivity contribution in [2.45, 2.75) is 25.9 Å². The van der Waals surface area contributed by atoms with E-state index < -0.39 is 0 Å². The number of likely N-dealkylation sites (tertiary alicyclic amines) is 1. The topological polar surface area (TPSA) is 92.9 Å². The van der Waals surface area contributed by atoms with Crippen molar-refractivity contribution in [1.29, 1.82) is 0 Å². The van der Waals surface area contributed by atoms with Crippen molar-refractivity contribution in [3.63, 3.8) is 0 Å². The molecule has 1 saturated heterocycles. The van der Waals surface area contributed by atoms with Gasteiger partial charge in [-0.2, -0.15) is 0 Å². The molecular formula is C22H22Cl2N2O4. The summed E-state index contributed by atoms with van der Waals surface area (Å²) in [7, 11) is 0. The number of ether oxygens (including phenoxy) is 1. The molecule has 1 aliphatic heterocycles. The molecule has 1 amide bonds. The van der Waals surface area contributed by atoms with Gasteiger partial charge in [-0.3, -0.25) is 4.79 Å². The van der Waals surface area contributed by atoms with Crippen LogP contribution in [0.5, 0.6) is 5.75 Å². The van der Waals surface area contributed by atoms with E-state index in [0.717, 1.165) is 18.4 Å². The molecule has 2 aromatic carbocycles. The summed E-state index contributed by atoms with van der Waals surface area (Å²) in [6.07, 6.45) is 1.90. The smallest absolute Gasteiger partial charge is 0.410 e. The third-order valence-electron chi connectivity index (χ3n) is 5.87. The van der Waals surface area contributed by atoms with Crippen LogP contribution in [-0.2, 0) is 11.3 Å². The van der Waals surface area contributed by atoms with E-state index in [-0.39, 0.29) is 35.3 Å². The summed E-state index contributed by atoms with van der Waals surface area (Å²) in [6, 6.07) is 9.65. The van der Waals surface area contributed by atoms with E-state index in [0.29, 0.717) is 41.0 Å². The second-order valence-electron chi connectivity index (χ2n) is 8.36. The van der Waals surface area contributed by atoms with Crippen molar-refractivity contribution >= 4 is 40.8 Å². The lowest BCUT2D eigenvalue weighted by molar-refractivity contribution is -0.0850. The first-order valence-electron chi connectivity index (χ1n) is 9.71. The SMILES string of the molecule is Nc1ccc(C(=O)CC2CC3(C2)CN(C(=O)OCc2cc(Cl)cc(Cl)c2)C3)cc1O. The van der Waals surface area contributed by atoms with Crippen molar-refractivity contribution in [3.8, 4) is 5.75 Å². The molecule has 8 heteroatoms. The molecule has 2 aliphatic rings. The van der Waals surface area contributed by atoms with E-state index in [1.54, 1.807) is 29.2 Å². The third-order valence-corrected chi connectivity index (χ3v) is 6.30. The molecule has 1 spiro atoms. The van der Waals surface area contributed by atoms with Crippen LogP contribution in [0.4, 0.5) is 10.5 Å². The van der Waals surface area contributed by atoms with Gasteiger partial charge in [-0.1, -0.05) is 23.2 Å². The number of halogens is 2. The highest BCUT2D eigenvalue weighted by molar-refractivity contribution is 6.34. The Balaban J connectivity index is 1.21. The number of nitrogens with two attached hydrogens (primary N) is 1. The quantitative estimate of drug-likeness (QED) is 0.385. The Morgan fingerprint density at radius 1 is 1.13 bits per heavy atom. The zero-order valence-corrected chi connectivity index (χ0v) is 17.7. The molecule has 1 aliphatic carbocycles. The highest BCUT2D eigenvalue weighted by Crippen LogP contribution is 2.53. The largest absolute Gasteiger partial charge is 0.506 e. The van der Waals surface area contributed by atoms with Crippen LogP contribution >= 0.6 is 23.2 Å². The van der Waals surface area contributed by atoms with E-state index >= 15 is 0 Å². The number of phenols is 1. The zero-order chi connectivity index (χ0) is 21.5. The van der Waals surface area contributed by atoms with E-state index in [2.05, 4.69) is 0 Å². The number of anilines is 1. The van der Waals surface area contributed by atoms with Gasteiger partial charge in [0.2, 0.25) is 0 Å². The number of nitrogen functional groups attached to an aromatic ring is 1. The molecule has 0 radical (unpaired) electrons. The van der Waals surface area contributed by atoms with Crippen LogP contribution in [0.1, 0.15) is 35.2 Å². The molecule has 2 aromatic rings. The number of rotatable bonds is 5. The number of Topliss-reactive ketones (excluding diaryl/α,β-unsaturated/α-hetero) is 1. The van der Waals surface area contributed by atoms with Gasteiger partial charge in [0.1, 0.15) is 12.4 Å². The maximum Gasteiger partial charge on any atom is 0.410 e. The van der Waals surface area contributed by atoms with Crippen molar-refractivity contribution in [3.05, 3.63) is 57.6 Å². The van der Waals surface area contributed by atoms with Crippen LogP contribution in [-0.4, -0.2) is 35.0 Å². The number of aromatic hydroxyl groups is 1. The number of ketones is 1. The summed E-state index contributed by atoms with van der Waals surface area (Å²) >= 11 is 11.9. The molecule has 1 saturated carbocycles. The number of hydrogen-bond donors (Lipinski definition) is 2. The Morgan fingerprint density at radius 2 is 1.80 bits per heavy atom. The highest BCUT2D eigenvalue weighted by Gasteiger charge is 2.54. The van der Waals surface area contributed by atoms with Crippen LogP contribution in [0.3, 0.4) is 0 Å². The van der Waals surface area contributed by atoms with Gasteiger partial charge in [0.25, 0.3) is 0 Å². The van der Waals surface area contributed by atoms with Gasteiger partial charge in [0.15, 0.2) is 5.78 Å². The minimum Gasteiger partial charge on any atom is -0.506 e. The van der Waals surface area contributed by atoms with E-state index in [1.165, 1.54) is 12.1 Å². The average Bonchev–Trinajstić information content (AvgIpc) is 2.62. The normalized spacial score (nSPS) is 17.3. The van der Waals surface area contributed by atoms with Crippen molar-refractivity contribution < 1.29 is 19.4 Å². The fraction of sp³-hybridized carbons (Fsp3) is 0.364. The molecule has 6 nitrogen and oxygen atoms in total. The van der Waals surface area contributed by atoms with Gasteiger partial charge in [0, 0.05) is 40.5 Å². The number of benzene rings is 2. The van der Waals surface area contributed by atoms with Crippen LogP contribution in [0.2, 0.25) is 10.0 Å². The number of amides is 1. The average molecular weight is 449 g/mol. The third kappa shape index (κ3) is 4.35. The van der Waals surface area contributed by atoms with Crippen LogP contribution in [0, 0.1) is 11.3 Å². The van der Waals surface area contributed by atoms with Gasteiger partial charge in [-0.25, -0.2) is 4.79 Å². The number of phenolic OH excluding ortho intramolecular Hbond substituents is 1. The van der Waals surface area contributed by atoms with Crippen molar-refractivity contribution in [2.75, 3.05) is 18.8 Å². The number of carbonyl (C=O) groups is 2. The van der Waals surface area contributed by atoms with E-state index in [1.807, 2.05) is 0 Å². The van der Waals surface area contributed by atoms with Crippen LogP contribution in [0.15, 0.2) is 36.4 Å². The Kier molecular flexibility index (Phi) is 5.55. The van der Waals surface area contributed by atoms with Gasteiger partial charge >= 0.3 is 6.09 Å². The minimum absolute atomic E-state index is 0.000854. The monoisotopic (exact) mass is 448 g/mol. The fourth-order valence-electron chi connectivity index (χ4n) is 4.49. The summed E-state index contributed by atoms with van der Waals surface area (Å²) in [4.78, 5) is 26.3. The molecule has 158 valence electrons. The Bertz CT molecular complexity index is 976. The molecule has 0 unspecified atom stereocenters. The molecule has 30 heavy (non-hydrogen) atoms. The first-order valence-corrected chi connectivity index (χ1v) is 10.5. The predicted octanol–water partition coefficient (Wildman–Crippen LogP) is 4.90. The molecule has 3 N–H and O–H groups in total. The first-order chi connectivity index (χ1) is 14.2. The van der Waals surface area contributed by atoms with Gasteiger partial charge in [-0.05, 0) is 60.7 Å². The minimum atomic E-state index is -0.353. The molecule has 0 aromatic heterocycles.